The number of aromatic nitrogens is 2. The normalized spacial score (nSPS) is 11.7. The van der Waals surface area contributed by atoms with Gasteiger partial charge in [-0.25, -0.2) is 0 Å². The van der Waals surface area contributed by atoms with Crippen molar-refractivity contribution < 1.29 is 4.74 Å². The summed E-state index contributed by atoms with van der Waals surface area (Å²) in [5.74, 6) is 0.688. The highest BCUT2D eigenvalue weighted by atomic mass is 16.5. The van der Waals surface area contributed by atoms with Gasteiger partial charge in [0.25, 0.3) is 0 Å². The van der Waals surface area contributed by atoms with Gasteiger partial charge in [-0.15, -0.1) is 0 Å². The third-order valence-corrected chi connectivity index (χ3v) is 4.73. The maximum Gasteiger partial charge on any atom is 0.138 e. The first kappa shape index (κ1) is 18.6. The SMILES string of the molecule is N#Cc1ccc(CC(N)COc2cncc(-c3ccc4cnccc4c3)c2)cc1. The van der Waals surface area contributed by atoms with E-state index in [0.29, 0.717) is 24.3 Å². The molecule has 0 spiro atoms. The molecule has 0 aliphatic carbocycles. The summed E-state index contributed by atoms with van der Waals surface area (Å²) in [5.41, 5.74) is 10.0. The molecule has 2 N–H and O–H groups in total. The summed E-state index contributed by atoms with van der Waals surface area (Å²) in [6.07, 6.45) is 7.84. The van der Waals surface area contributed by atoms with Crippen molar-refractivity contribution in [3.63, 3.8) is 0 Å². The number of nitrogens with two attached hydrogens (primary N) is 1. The highest BCUT2D eigenvalue weighted by molar-refractivity contribution is 5.86. The molecule has 5 heteroatoms. The van der Waals surface area contributed by atoms with Crippen LogP contribution in [0.1, 0.15) is 11.1 Å². The van der Waals surface area contributed by atoms with Crippen LogP contribution in [0.4, 0.5) is 0 Å². The maximum atomic E-state index is 8.87. The minimum atomic E-state index is -0.153. The summed E-state index contributed by atoms with van der Waals surface area (Å²) in [6.45, 7) is 0.383. The van der Waals surface area contributed by atoms with Crippen LogP contribution in [0, 0.1) is 11.3 Å². The lowest BCUT2D eigenvalue weighted by molar-refractivity contribution is 0.286. The second-order valence-corrected chi connectivity index (χ2v) is 6.93. The molecule has 0 amide bonds. The van der Waals surface area contributed by atoms with E-state index in [2.05, 4.69) is 34.2 Å². The zero-order valence-corrected chi connectivity index (χ0v) is 15.8. The first-order valence-corrected chi connectivity index (χ1v) is 9.38. The first-order chi connectivity index (χ1) is 14.2. The van der Waals surface area contributed by atoms with Gasteiger partial charge in [-0.05, 0) is 53.3 Å². The summed E-state index contributed by atoms with van der Waals surface area (Å²) >= 11 is 0. The fourth-order valence-electron chi connectivity index (χ4n) is 3.20. The molecule has 142 valence electrons. The van der Waals surface area contributed by atoms with Gasteiger partial charge in [0.05, 0.1) is 17.8 Å². The standard InChI is InChI=1S/C24H20N4O/c25-12-18-3-1-17(2-4-18)9-23(26)16-29-24-11-22(14-28-15-24)19-5-6-21-13-27-8-7-20(21)10-19/h1-8,10-11,13-15,23H,9,16,26H2. The summed E-state index contributed by atoms with van der Waals surface area (Å²) in [6, 6.07) is 19.6. The van der Waals surface area contributed by atoms with Crippen LogP contribution in [0.2, 0.25) is 0 Å². The van der Waals surface area contributed by atoms with E-state index in [1.807, 2.05) is 36.7 Å². The number of hydrogen-bond donors (Lipinski definition) is 1. The fourth-order valence-corrected chi connectivity index (χ4v) is 3.20. The van der Waals surface area contributed by atoms with Crippen LogP contribution in [-0.4, -0.2) is 22.6 Å². The van der Waals surface area contributed by atoms with Gasteiger partial charge in [-0.3, -0.25) is 9.97 Å². The van der Waals surface area contributed by atoms with Crippen LogP contribution in [0.25, 0.3) is 21.9 Å². The van der Waals surface area contributed by atoms with Crippen molar-refractivity contribution in [2.24, 2.45) is 5.73 Å². The Hall–Kier alpha value is -3.75. The molecule has 29 heavy (non-hydrogen) atoms. The second kappa shape index (κ2) is 8.51. The molecule has 0 saturated heterocycles. The molecule has 1 atom stereocenters. The van der Waals surface area contributed by atoms with Crippen molar-refractivity contribution in [1.29, 1.82) is 5.26 Å². The number of nitrogens with zero attached hydrogens (tertiary/aromatic N) is 3. The number of benzene rings is 2. The number of hydrogen-bond acceptors (Lipinski definition) is 5. The molecule has 0 fully saturated rings. The van der Waals surface area contributed by atoms with Gasteiger partial charge in [-0.2, -0.15) is 5.26 Å². The van der Waals surface area contributed by atoms with Crippen LogP contribution in [0.5, 0.6) is 5.75 Å². The van der Waals surface area contributed by atoms with Gasteiger partial charge in [0.2, 0.25) is 0 Å². The Bertz CT molecular complexity index is 1170. The van der Waals surface area contributed by atoms with Crippen molar-refractivity contribution in [1.82, 2.24) is 9.97 Å². The van der Waals surface area contributed by atoms with Crippen LogP contribution in [0.15, 0.2) is 79.4 Å². The Balaban J connectivity index is 1.42. The van der Waals surface area contributed by atoms with Gasteiger partial charge in [-0.1, -0.05) is 24.3 Å². The topological polar surface area (TPSA) is 84.8 Å². The molecule has 4 rings (SSSR count). The minimum absolute atomic E-state index is 0.153. The summed E-state index contributed by atoms with van der Waals surface area (Å²) in [7, 11) is 0. The van der Waals surface area contributed by atoms with Crippen molar-refractivity contribution in [3.8, 4) is 22.9 Å². The largest absolute Gasteiger partial charge is 0.490 e. The molecule has 2 aromatic heterocycles. The van der Waals surface area contributed by atoms with Crippen molar-refractivity contribution in [2.45, 2.75) is 12.5 Å². The van der Waals surface area contributed by atoms with E-state index in [-0.39, 0.29) is 6.04 Å². The van der Waals surface area contributed by atoms with E-state index in [1.165, 1.54) is 0 Å². The van der Waals surface area contributed by atoms with E-state index in [9.17, 15) is 0 Å². The molecule has 1 unspecified atom stereocenters. The smallest absolute Gasteiger partial charge is 0.138 e. The highest BCUT2D eigenvalue weighted by Crippen LogP contribution is 2.26. The Morgan fingerprint density at radius 1 is 0.897 bits per heavy atom. The third-order valence-electron chi connectivity index (χ3n) is 4.73. The van der Waals surface area contributed by atoms with E-state index >= 15 is 0 Å². The molecular formula is C24H20N4O. The molecule has 2 aromatic carbocycles. The molecule has 5 nitrogen and oxygen atoms in total. The zero-order chi connectivity index (χ0) is 20.1. The van der Waals surface area contributed by atoms with Crippen LogP contribution < -0.4 is 10.5 Å². The van der Waals surface area contributed by atoms with Crippen molar-refractivity contribution in [2.75, 3.05) is 6.61 Å². The lowest BCUT2D eigenvalue weighted by atomic mass is 10.0. The summed E-state index contributed by atoms with van der Waals surface area (Å²) in [4.78, 5) is 8.46. The molecule has 0 bridgehead atoms. The molecule has 0 aliphatic rings. The Morgan fingerprint density at radius 3 is 2.59 bits per heavy atom. The van der Waals surface area contributed by atoms with Gasteiger partial charge in [0, 0.05) is 35.6 Å². The monoisotopic (exact) mass is 380 g/mol. The van der Waals surface area contributed by atoms with Crippen molar-refractivity contribution >= 4 is 10.8 Å². The third kappa shape index (κ3) is 4.57. The molecule has 0 aliphatic heterocycles. The van der Waals surface area contributed by atoms with Crippen LogP contribution >= 0.6 is 0 Å². The average Bonchev–Trinajstić information content (AvgIpc) is 2.78. The van der Waals surface area contributed by atoms with E-state index in [4.69, 9.17) is 15.7 Å². The lowest BCUT2D eigenvalue weighted by Gasteiger charge is -2.14. The Labute approximate surface area is 169 Å². The number of rotatable bonds is 6. The van der Waals surface area contributed by atoms with Crippen LogP contribution in [-0.2, 0) is 6.42 Å². The van der Waals surface area contributed by atoms with Crippen molar-refractivity contribution in [3.05, 3.63) is 90.5 Å². The predicted molar refractivity (Wildman–Crippen MR) is 113 cm³/mol. The lowest BCUT2D eigenvalue weighted by Crippen LogP contribution is -2.30. The van der Waals surface area contributed by atoms with E-state index < -0.39 is 0 Å². The predicted octanol–water partition coefficient (Wildman–Crippen LogP) is 4.12. The summed E-state index contributed by atoms with van der Waals surface area (Å²) in [5, 5.41) is 11.1. The number of pyridine rings is 2. The fraction of sp³-hybridized carbons (Fsp3) is 0.125. The quantitative estimate of drug-likeness (QED) is 0.544. The van der Waals surface area contributed by atoms with Gasteiger partial charge < -0.3 is 10.5 Å². The number of ether oxygens (including phenoxy) is 1. The minimum Gasteiger partial charge on any atom is -0.490 e. The van der Waals surface area contributed by atoms with E-state index in [1.54, 1.807) is 24.5 Å². The van der Waals surface area contributed by atoms with Gasteiger partial charge in [0.1, 0.15) is 12.4 Å². The molecule has 0 saturated carbocycles. The molecule has 2 heterocycles. The molecule has 4 aromatic rings. The van der Waals surface area contributed by atoms with Gasteiger partial charge >= 0.3 is 0 Å². The number of nitriles is 1. The number of fused-ring (bicyclic) bond motifs is 1. The van der Waals surface area contributed by atoms with Crippen LogP contribution in [0.3, 0.4) is 0 Å². The first-order valence-electron chi connectivity index (χ1n) is 9.38. The molecular weight excluding hydrogens is 360 g/mol. The second-order valence-electron chi connectivity index (χ2n) is 6.93. The summed E-state index contributed by atoms with van der Waals surface area (Å²) < 4.78 is 5.88. The highest BCUT2D eigenvalue weighted by Gasteiger charge is 2.08. The Kier molecular flexibility index (Phi) is 5.46. The van der Waals surface area contributed by atoms with E-state index in [0.717, 1.165) is 27.5 Å². The zero-order valence-electron chi connectivity index (χ0n) is 15.8. The Morgan fingerprint density at radius 2 is 1.76 bits per heavy atom. The average molecular weight is 380 g/mol. The maximum absolute atomic E-state index is 8.87. The van der Waals surface area contributed by atoms with Gasteiger partial charge in [0.15, 0.2) is 0 Å². The molecule has 0 radical (unpaired) electrons.